The minimum Gasteiger partial charge on any atom is -0.493 e. The summed E-state index contributed by atoms with van der Waals surface area (Å²) < 4.78 is 14.7. The summed E-state index contributed by atoms with van der Waals surface area (Å²) in [7, 11) is 2.89. The quantitative estimate of drug-likeness (QED) is 0.449. The van der Waals surface area contributed by atoms with Crippen molar-refractivity contribution in [1.29, 1.82) is 0 Å². The SMILES string of the molecule is COc1ccc(C(=O)OOOC(=O)OC(C)C)cc1OC. The van der Waals surface area contributed by atoms with Gasteiger partial charge < -0.3 is 14.2 Å². The molecule has 1 aromatic carbocycles. The second kappa shape index (κ2) is 7.95. The molecule has 0 aliphatic carbocycles. The number of hydrogen-bond donors (Lipinski definition) is 0. The van der Waals surface area contributed by atoms with Crippen LogP contribution in [-0.2, 0) is 19.6 Å². The fraction of sp³-hybridized carbons (Fsp3) is 0.385. The maximum absolute atomic E-state index is 11.6. The van der Waals surface area contributed by atoms with E-state index in [1.165, 1.54) is 32.4 Å². The van der Waals surface area contributed by atoms with E-state index in [9.17, 15) is 9.59 Å². The van der Waals surface area contributed by atoms with Crippen LogP contribution < -0.4 is 9.47 Å². The highest BCUT2D eigenvalue weighted by atomic mass is 17.5. The van der Waals surface area contributed by atoms with Crippen LogP contribution in [0, 0.1) is 0 Å². The standard InChI is InChI=1S/C13H16O8/c1-8(2)18-13(15)20-21-19-12(14)9-5-6-10(16-3)11(7-9)17-4/h5-8H,1-4H3. The van der Waals surface area contributed by atoms with Crippen molar-refractivity contribution >= 4 is 12.1 Å². The number of rotatable bonds is 6. The number of carbonyl (C=O) groups is 2. The van der Waals surface area contributed by atoms with Gasteiger partial charge in [0.2, 0.25) is 0 Å². The zero-order valence-corrected chi connectivity index (χ0v) is 12.1. The van der Waals surface area contributed by atoms with Crippen molar-refractivity contribution < 1.29 is 38.6 Å². The third kappa shape index (κ3) is 5.19. The number of carbonyl (C=O) groups excluding carboxylic acids is 2. The van der Waals surface area contributed by atoms with Gasteiger partial charge in [0, 0.05) is 0 Å². The molecule has 0 saturated heterocycles. The van der Waals surface area contributed by atoms with Gasteiger partial charge in [-0.3, -0.25) is 4.89 Å². The first-order valence-corrected chi connectivity index (χ1v) is 5.96. The van der Waals surface area contributed by atoms with E-state index < -0.39 is 12.1 Å². The minimum absolute atomic E-state index is 0.119. The highest BCUT2D eigenvalue weighted by molar-refractivity contribution is 5.89. The molecule has 0 amide bonds. The van der Waals surface area contributed by atoms with Gasteiger partial charge in [-0.1, -0.05) is 0 Å². The van der Waals surface area contributed by atoms with Gasteiger partial charge in [0.25, 0.3) is 0 Å². The van der Waals surface area contributed by atoms with Crippen LogP contribution in [0.3, 0.4) is 0 Å². The predicted octanol–water partition coefficient (Wildman–Crippen LogP) is 2.27. The van der Waals surface area contributed by atoms with E-state index in [-0.39, 0.29) is 11.7 Å². The summed E-state index contributed by atoms with van der Waals surface area (Å²) in [6, 6.07) is 4.33. The maximum Gasteiger partial charge on any atom is 0.543 e. The Bertz CT molecular complexity index is 497. The maximum atomic E-state index is 11.6. The molecule has 8 nitrogen and oxygen atoms in total. The summed E-state index contributed by atoms with van der Waals surface area (Å²) >= 11 is 0. The van der Waals surface area contributed by atoms with Crippen molar-refractivity contribution in [2.24, 2.45) is 0 Å². The van der Waals surface area contributed by atoms with Crippen LogP contribution in [0.25, 0.3) is 0 Å². The number of hydrogen-bond acceptors (Lipinski definition) is 8. The van der Waals surface area contributed by atoms with Crippen LogP contribution in [-0.4, -0.2) is 32.4 Å². The molecule has 0 aliphatic heterocycles. The van der Waals surface area contributed by atoms with Gasteiger partial charge in [-0.05, 0) is 32.0 Å². The first-order valence-electron chi connectivity index (χ1n) is 5.96. The second-order valence-corrected chi connectivity index (χ2v) is 4.01. The largest absolute Gasteiger partial charge is 0.543 e. The molecule has 0 N–H and O–H groups in total. The van der Waals surface area contributed by atoms with Crippen LogP contribution >= 0.6 is 0 Å². The molecular formula is C13H16O8. The lowest BCUT2D eigenvalue weighted by Gasteiger charge is -2.08. The van der Waals surface area contributed by atoms with E-state index in [1.54, 1.807) is 13.8 Å². The molecular weight excluding hydrogens is 284 g/mol. The highest BCUT2D eigenvalue weighted by Crippen LogP contribution is 2.27. The normalized spacial score (nSPS) is 9.95. The molecule has 116 valence electrons. The molecule has 21 heavy (non-hydrogen) atoms. The lowest BCUT2D eigenvalue weighted by Crippen LogP contribution is -2.15. The van der Waals surface area contributed by atoms with Gasteiger partial charge in [0.05, 0.1) is 30.9 Å². The van der Waals surface area contributed by atoms with Crippen molar-refractivity contribution in [1.82, 2.24) is 0 Å². The molecule has 0 heterocycles. The van der Waals surface area contributed by atoms with Crippen LogP contribution in [0.1, 0.15) is 24.2 Å². The second-order valence-electron chi connectivity index (χ2n) is 4.01. The van der Waals surface area contributed by atoms with Crippen molar-refractivity contribution in [2.75, 3.05) is 14.2 Å². The van der Waals surface area contributed by atoms with Crippen LogP contribution in [0.2, 0.25) is 0 Å². The van der Waals surface area contributed by atoms with E-state index in [0.717, 1.165) is 0 Å². The molecule has 0 unspecified atom stereocenters. The first kappa shape index (κ1) is 16.6. The van der Waals surface area contributed by atoms with Gasteiger partial charge >= 0.3 is 12.1 Å². The Balaban J connectivity index is 2.54. The summed E-state index contributed by atoms with van der Waals surface area (Å²) in [6.07, 6.45) is -1.51. The number of ether oxygens (including phenoxy) is 3. The van der Waals surface area contributed by atoms with E-state index >= 15 is 0 Å². The summed E-state index contributed by atoms with van der Waals surface area (Å²) in [5, 5.41) is 4.05. The number of benzene rings is 1. The summed E-state index contributed by atoms with van der Waals surface area (Å²) in [4.78, 5) is 31.0. The fourth-order valence-electron chi connectivity index (χ4n) is 1.30. The van der Waals surface area contributed by atoms with Crippen LogP contribution in [0.15, 0.2) is 18.2 Å². The zero-order valence-electron chi connectivity index (χ0n) is 12.1. The molecule has 0 fully saturated rings. The van der Waals surface area contributed by atoms with Crippen molar-refractivity contribution in [3.8, 4) is 11.5 Å². The van der Waals surface area contributed by atoms with E-state index in [1.807, 2.05) is 0 Å². The third-order valence-electron chi connectivity index (χ3n) is 2.16. The van der Waals surface area contributed by atoms with Crippen molar-refractivity contribution in [3.05, 3.63) is 23.8 Å². The molecule has 0 bridgehead atoms. The Morgan fingerprint density at radius 1 is 1.00 bits per heavy atom. The molecule has 8 heteroatoms. The lowest BCUT2D eigenvalue weighted by atomic mass is 10.2. The molecule has 0 radical (unpaired) electrons. The first-order chi connectivity index (χ1) is 9.97. The molecule has 1 aromatic rings. The topological polar surface area (TPSA) is 89.5 Å². The minimum atomic E-state index is -1.12. The Kier molecular flexibility index (Phi) is 6.28. The van der Waals surface area contributed by atoms with E-state index in [4.69, 9.17) is 9.47 Å². The van der Waals surface area contributed by atoms with Gasteiger partial charge in [0.1, 0.15) is 0 Å². The lowest BCUT2D eigenvalue weighted by molar-refractivity contribution is -0.452. The highest BCUT2D eigenvalue weighted by Gasteiger charge is 2.15. The molecule has 0 aliphatic rings. The fourth-order valence-corrected chi connectivity index (χ4v) is 1.30. The molecule has 0 saturated carbocycles. The van der Waals surface area contributed by atoms with Crippen LogP contribution in [0.4, 0.5) is 4.79 Å². The summed E-state index contributed by atoms with van der Waals surface area (Å²) in [6.45, 7) is 3.24. The monoisotopic (exact) mass is 300 g/mol. The predicted molar refractivity (Wildman–Crippen MR) is 68.7 cm³/mol. The van der Waals surface area contributed by atoms with Gasteiger partial charge in [-0.15, -0.1) is 0 Å². The molecule has 0 aromatic heterocycles. The summed E-state index contributed by atoms with van der Waals surface area (Å²) in [5.41, 5.74) is 0.119. The van der Waals surface area contributed by atoms with Gasteiger partial charge in [0.15, 0.2) is 11.5 Å². The van der Waals surface area contributed by atoms with E-state index in [0.29, 0.717) is 11.5 Å². The number of methoxy groups -OCH3 is 2. The Morgan fingerprint density at radius 2 is 1.67 bits per heavy atom. The average molecular weight is 300 g/mol. The van der Waals surface area contributed by atoms with Gasteiger partial charge in [-0.2, -0.15) is 0 Å². The summed E-state index contributed by atoms with van der Waals surface area (Å²) in [5.74, 6) is -0.0906. The zero-order chi connectivity index (χ0) is 15.8. The van der Waals surface area contributed by atoms with E-state index in [2.05, 4.69) is 19.6 Å². The molecule has 0 spiro atoms. The third-order valence-corrected chi connectivity index (χ3v) is 2.16. The van der Waals surface area contributed by atoms with Crippen molar-refractivity contribution in [2.45, 2.75) is 20.0 Å². The molecule has 0 atom stereocenters. The Labute approximate surface area is 121 Å². The van der Waals surface area contributed by atoms with Crippen molar-refractivity contribution in [3.63, 3.8) is 0 Å². The Hall–Kier alpha value is -2.48. The van der Waals surface area contributed by atoms with Gasteiger partial charge in [-0.25, -0.2) is 14.5 Å². The Morgan fingerprint density at radius 3 is 2.24 bits per heavy atom. The van der Waals surface area contributed by atoms with Crippen LogP contribution in [0.5, 0.6) is 11.5 Å². The molecule has 1 rings (SSSR count). The average Bonchev–Trinajstić information content (AvgIpc) is 2.45. The smallest absolute Gasteiger partial charge is 0.493 e.